The first-order valence-electron chi connectivity index (χ1n) is 10.8. The van der Waals surface area contributed by atoms with Gasteiger partial charge in [0.05, 0.1) is 5.60 Å². The van der Waals surface area contributed by atoms with Crippen LogP contribution in [0.5, 0.6) is 0 Å². The van der Waals surface area contributed by atoms with E-state index in [9.17, 15) is 24.0 Å². The van der Waals surface area contributed by atoms with Gasteiger partial charge in [0.2, 0.25) is 6.29 Å². The summed E-state index contributed by atoms with van der Waals surface area (Å²) in [6, 6.07) is 0. The summed E-state index contributed by atoms with van der Waals surface area (Å²) in [5.74, 6) is -3.43. The van der Waals surface area contributed by atoms with Crippen LogP contribution in [0.25, 0.3) is 0 Å². The highest BCUT2D eigenvalue weighted by Gasteiger charge is 2.53. The van der Waals surface area contributed by atoms with E-state index in [0.29, 0.717) is 0 Å². The predicted octanol–water partition coefficient (Wildman–Crippen LogP) is 1.37. The third-order valence-corrected chi connectivity index (χ3v) is 4.40. The molecule has 0 amide bonds. The molecule has 12 heteroatoms. The fourth-order valence-electron chi connectivity index (χ4n) is 3.09. The topological polar surface area (TPSA) is 150 Å². The molecule has 1 aliphatic rings. The zero-order chi connectivity index (χ0) is 27.1. The van der Waals surface area contributed by atoms with E-state index in [1.54, 1.807) is 20.8 Å². The normalized spacial score (nSPS) is 25.1. The van der Waals surface area contributed by atoms with Crippen molar-refractivity contribution in [1.82, 2.24) is 0 Å². The molecule has 1 heterocycles. The van der Waals surface area contributed by atoms with Crippen molar-refractivity contribution in [1.29, 1.82) is 0 Å². The van der Waals surface area contributed by atoms with Crippen molar-refractivity contribution in [3.05, 3.63) is 12.2 Å². The molecule has 1 aliphatic heterocycles. The fourth-order valence-corrected chi connectivity index (χ4v) is 3.09. The molecule has 0 bridgehead atoms. The van der Waals surface area contributed by atoms with Gasteiger partial charge in [0.15, 0.2) is 30.4 Å². The molecular weight excluding hydrogens is 468 g/mol. The molecule has 0 saturated carbocycles. The fraction of sp³-hybridized carbons (Fsp3) is 0.696. The van der Waals surface area contributed by atoms with Crippen molar-refractivity contribution < 1.29 is 57.1 Å². The Kier molecular flexibility index (Phi) is 11.0. The molecule has 0 aromatic carbocycles. The van der Waals surface area contributed by atoms with Crippen LogP contribution in [0.15, 0.2) is 12.2 Å². The quantitative estimate of drug-likeness (QED) is 0.184. The Morgan fingerprint density at radius 3 is 1.71 bits per heavy atom. The second-order valence-corrected chi connectivity index (χ2v) is 8.85. The van der Waals surface area contributed by atoms with Gasteiger partial charge in [0.25, 0.3) is 0 Å². The average Bonchev–Trinajstić information content (AvgIpc) is 2.67. The summed E-state index contributed by atoms with van der Waals surface area (Å²) in [5.41, 5.74) is -0.866. The monoisotopic (exact) mass is 502 g/mol. The minimum Gasteiger partial charge on any atom is -0.463 e. The number of ether oxygens (including phenoxy) is 7. The molecule has 0 unspecified atom stereocenters. The van der Waals surface area contributed by atoms with E-state index >= 15 is 0 Å². The molecule has 0 aromatic heterocycles. The van der Waals surface area contributed by atoms with Gasteiger partial charge in [0, 0.05) is 33.3 Å². The van der Waals surface area contributed by atoms with Crippen LogP contribution in [-0.4, -0.2) is 78.9 Å². The minimum absolute atomic E-state index is 0.0622. The number of hydrogen-bond acceptors (Lipinski definition) is 12. The van der Waals surface area contributed by atoms with Gasteiger partial charge in [0.1, 0.15) is 12.7 Å². The molecule has 0 radical (unpaired) electrons. The minimum atomic E-state index is -1.51. The first-order valence-corrected chi connectivity index (χ1v) is 10.8. The lowest BCUT2D eigenvalue weighted by Crippen LogP contribution is -2.63. The van der Waals surface area contributed by atoms with Gasteiger partial charge >= 0.3 is 23.9 Å². The molecular formula is C23H34O12. The maximum absolute atomic E-state index is 12.0. The Bertz CT molecular complexity index is 827. The third kappa shape index (κ3) is 10.1. The number of ketones is 1. The molecule has 0 N–H and O–H groups in total. The van der Waals surface area contributed by atoms with E-state index in [2.05, 4.69) is 6.58 Å². The standard InChI is InChI=1S/C23H34O12/c1-11(12(2)24)21(35-23(7,8)9)34-22-20(32-16(6)28)19(31-15(5)27)18(30-14(4)26)17(33-22)10-29-13(3)25/h17-22H,1,10H2,2-9H3/t17-,18-,19+,20-,21+,22+/m1/s1. The zero-order valence-corrected chi connectivity index (χ0v) is 21.3. The Morgan fingerprint density at radius 1 is 0.800 bits per heavy atom. The summed E-state index contributed by atoms with van der Waals surface area (Å²) in [5, 5.41) is 0. The molecule has 35 heavy (non-hydrogen) atoms. The third-order valence-electron chi connectivity index (χ3n) is 4.40. The van der Waals surface area contributed by atoms with E-state index in [0.717, 1.165) is 27.7 Å². The molecule has 0 aliphatic carbocycles. The lowest BCUT2D eigenvalue weighted by Gasteiger charge is -2.45. The average molecular weight is 503 g/mol. The Morgan fingerprint density at radius 2 is 1.29 bits per heavy atom. The number of hydrogen-bond donors (Lipinski definition) is 0. The highest BCUT2D eigenvalue weighted by atomic mass is 16.8. The Balaban J connectivity index is 3.52. The number of carbonyl (C=O) groups excluding carboxylic acids is 5. The van der Waals surface area contributed by atoms with Crippen LogP contribution in [-0.2, 0) is 57.1 Å². The van der Waals surface area contributed by atoms with Crippen molar-refractivity contribution in [2.45, 2.75) is 98.0 Å². The molecule has 6 atom stereocenters. The second-order valence-electron chi connectivity index (χ2n) is 8.85. The van der Waals surface area contributed by atoms with Gasteiger partial charge in [-0.2, -0.15) is 0 Å². The highest BCUT2D eigenvalue weighted by Crippen LogP contribution is 2.32. The van der Waals surface area contributed by atoms with Crippen LogP contribution >= 0.6 is 0 Å². The summed E-state index contributed by atoms with van der Waals surface area (Å²) >= 11 is 0. The number of carbonyl (C=O) groups is 5. The van der Waals surface area contributed by atoms with Gasteiger partial charge < -0.3 is 33.2 Å². The van der Waals surface area contributed by atoms with Crippen LogP contribution in [0.3, 0.4) is 0 Å². The highest BCUT2D eigenvalue weighted by molar-refractivity contribution is 5.93. The van der Waals surface area contributed by atoms with E-state index in [1.165, 1.54) is 6.92 Å². The Labute approximate surface area is 204 Å². The lowest BCUT2D eigenvalue weighted by molar-refractivity contribution is -0.341. The van der Waals surface area contributed by atoms with E-state index in [-0.39, 0.29) is 5.57 Å². The molecule has 0 spiro atoms. The molecule has 12 nitrogen and oxygen atoms in total. The number of esters is 4. The van der Waals surface area contributed by atoms with E-state index < -0.39 is 78.9 Å². The number of Topliss-reactive ketones (excluding diaryl/α,β-unsaturated/α-hetero) is 1. The summed E-state index contributed by atoms with van der Waals surface area (Å²) < 4.78 is 38.6. The van der Waals surface area contributed by atoms with Crippen LogP contribution in [0.2, 0.25) is 0 Å². The first-order chi connectivity index (χ1) is 16.0. The maximum atomic E-state index is 12.0. The smallest absolute Gasteiger partial charge is 0.303 e. The van der Waals surface area contributed by atoms with Crippen LogP contribution < -0.4 is 0 Å². The molecule has 0 aromatic rings. The largest absolute Gasteiger partial charge is 0.463 e. The molecule has 1 fully saturated rings. The predicted molar refractivity (Wildman–Crippen MR) is 117 cm³/mol. The van der Waals surface area contributed by atoms with E-state index in [4.69, 9.17) is 33.2 Å². The van der Waals surface area contributed by atoms with Crippen molar-refractivity contribution >= 4 is 29.7 Å². The summed E-state index contributed by atoms with van der Waals surface area (Å²) in [7, 11) is 0. The molecule has 1 saturated heterocycles. The van der Waals surface area contributed by atoms with Crippen molar-refractivity contribution in [3.8, 4) is 0 Å². The number of rotatable bonds is 10. The molecule has 1 rings (SSSR count). The van der Waals surface area contributed by atoms with Gasteiger partial charge in [-0.15, -0.1) is 0 Å². The second kappa shape index (κ2) is 12.8. The Hall–Kier alpha value is -2.83. The van der Waals surface area contributed by atoms with E-state index in [1.807, 2.05) is 0 Å². The van der Waals surface area contributed by atoms with Gasteiger partial charge in [-0.1, -0.05) is 6.58 Å². The summed E-state index contributed by atoms with van der Waals surface area (Å²) in [4.78, 5) is 59.1. The van der Waals surface area contributed by atoms with Crippen molar-refractivity contribution in [3.63, 3.8) is 0 Å². The van der Waals surface area contributed by atoms with Crippen molar-refractivity contribution in [2.75, 3.05) is 6.61 Å². The van der Waals surface area contributed by atoms with Crippen LogP contribution in [0, 0.1) is 0 Å². The van der Waals surface area contributed by atoms with Crippen LogP contribution in [0.4, 0.5) is 0 Å². The maximum Gasteiger partial charge on any atom is 0.303 e. The van der Waals surface area contributed by atoms with Gasteiger partial charge in [-0.25, -0.2) is 0 Å². The summed E-state index contributed by atoms with van der Waals surface area (Å²) in [6.07, 6.45) is -8.28. The molecule has 198 valence electrons. The lowest BCUT2D eigenvalue weighted by atomic mass is 9.98. The van der Waals surface area contributed by atoms with Gasteiger partial charge in [-0.05, 0) is 27.7 Å². The van der Waals surface area contributed by atoms with Crippen LogP contribution in [0.1, 0.15) is 55.4 Å². The SMILES string of the molecule is C=C(C(C)=O)[C@@H](O[C@@H]1O[C@H](COC(C)=O)[C@@H](OC(C)=O)[C@H](OC(C)=O)[C@H]1OC(C)=O)OC(C)(C)C. The van der Waals surface area contributed by atoms with Gasteiger partial charge in [-0.3, -0.25) is 24.0 Å². The zero-order valence-electron chi connectivity index (χ0n) is 21.3. The summed E-state index contributed by atoms with van der Waals surface area (Å²) in [6.45, 7) is 14.2. The van der Waals surface area contributed by atoms with Crippen molar-refractivity contribution in [2.24, 2.45) is 0 Å². The first kappa shape index (κ1) is 30.2.